The number of rotatable bonds is 9. The van der Waals surface area contributed by atoms with Gasteiger partial charge in [-0.2, -0.15) is 0 Å². The van der Waals surface area contributed by atoms with Crippen LogP contribution in [0.5, 0.6) is 0 Å². The first-order valence-corrected chi connectivity index (χ1v) is 14.3. The Bertz CT molecular complexity index is 1300. The summed E-state index contributed by atoms with van der Waals surface area (Å²) in [5.74, 6) is 0.280. The number of pyridine rings is 1. The highest BCUT2D eigenvalue weighted by Gasteiger charge is 2.34. The number of carbonyl (C=O) groups excluding carboxylic acids is 2. The number of fused-ring (bicyclic) bond motifs is 1. The lowest BCUT2D eigenvalue weighted by Crippen LogP contribution is -2.40. The Hall–Kier alpha value is -2.72. The summed E-state index contributed by atoms with van der Waals surface area (Å²) in [7, 11) is 0. The van der Waals surface area contributed by atoms with Crippen molar-refractivity contribution in [1.29, 1.82) is 0 Å². The largest absolute Gasteiger partial charge is 0.369 e. The number of thiocarbonyl (C=S) groups is 1. The minimum atomic E-state index is -0.296. The molecule has 2 N–H and O–H groups in total. The highest BCUT2D eigenvalue weighted by Crippen LogP contribution is 2.35. The molecule has 1 unspecified atom stereocenters. The van der Waals surface area contributed by atoms with Crippen molar-refractivity contribution in [2.75, 3.05) is 24.5 Å². The number of piperidine rings is 1. The van der Waals surface area contributed by atoms with Crippen LogP contribution in [0.1, 0.15) is 63.5 Å². The molecule has 2 aliphatic rings. The van der Waals surface area contributed by atoms with Gasteiger partial charge in [-0.3, -0.25) is 23.7 Å². The molecule has 4 heterocycles. The van der Waals surface area contributed by atoms with Gasteiger partial charge in [-0.05, 0) is 49.8 Å². The number of nitrogens with two attached hydrogens (primary N) is 1. The van der Waals surface area contributed by atoms with Crippen LogP contribution in [0.4, 0.5) is 5.82 Å². The second kappa shape index (κ2) is 11.8. The third-order valence-electron chi connectivity index (χ3n) is 7.32. The van der Waals surface area contributed by atoms with Crippen LogP contribution in [0.25, 0.3) is 11.7 Å². The van der Waals surface area contributed by atoms with E-state index in [2.05, 4.69) is 13.8 Å². The average Bonchev–Trinajstić information content (AvgIpc) is 3.15. The Morgan fingerprint density at radius 1 is 1.27 bits per heavy atom. The Labute approximate surface area is 227 Å². The Kier molecular flexibility index (Phi) is 8.69. The number of anilines is 1. The van der Waals surface area contributed by atoms with Crippen LogP contribution in [-0.4, -0.2) is 50.1 Å². The number of aryl methyl sites for hydroxylation is 1. The Morgan fingerprint density at radius 3 is 2.65 bits per heavy atom. The highest BCUT2D eigenvalue weighted by molar-refractivity contribution is 8.26. The molecule has 0 spiro atoms. The lowest BCUT2D eigenvalue weighted by molar-refractivity contribution is -0.123. The number of thioether (sulfide) groups is 1. The molecule has 0 aliphatic carbocycles. The molecule has 8 nitrogen and oxygen atoms in total. The molecule has 0 bridgehead atoms. The maximum absolute atomic E-state index is 13.7. The number of hydrogen-bond acceptors (Lipinski definition) is 7. The molecule has 2 aromatic heterocycles. The summed E-state index contributed by atoms with van der Waals surface area (Å²) in [4.78, 5) is 47.8. The number of carbonyl (C=O) groups is 2. The lowest BCUT2D eigenvalue weighted by atomic mass is 9.96. The fourth-order valence-electron chi connectivity index (χ4n) is 4.95. The summed E-state index contributed by atoms with van der Waals surface area (Å²) in [5, 5.41) is 0. The van der Waals surface area contributed by atoms with Crippen molar-refractivity contribution in [3.05, 3.63) is 44.7 Å². The first kappa shape index (κ1) is 27.3. The Morgan fingerprint density at radius 2 is 2.00 bits per heavy atom. The van der Waals surface area contributed by atoms with Crippen molar-refractivity contribution in [3.8, 4) is 0 Å². The average molecular weight is 542 g/mol. The van der Waals surface area contributed by atoms with E-state index in [9.17, 15) is 14.4 Å². The minimum absolute atomic E-state index is 0.155. The normalized spacial score (nSPS) is 18.8. The third-order valence-corrected chi connectivity index (χ3v) is 8.69. The van der Waals surface area contributed by atoms with E-state index in [1.807, 2.05) is 24.0 Å². The maximum Gasteiger partial charge on any atom is 0.267 e. The second-order valence-electron chi connectivity index (χ2n) is 9.96. The number of nitrogens with zero attached hydrogens (tertiary/aromatic N) is 4. The summed E-state index contributed by atoms with van der Waals surface area (Å²) in [6.07, 6.45) is 8.90. The van der Waals surface area contributed by atoms with E-state index in [4.69, 9.17) is 22.9 Å². The van der Waals surface area contributed by atoms with Crippen LogP contribution in [0.15, 0.2) is 28.0 Å². The molecule has 1 atom stereocenters. The highest BCUT2D eigenvalue weighted by atomic mass is 32.2. The van der Waals surface area contributed by atoms with Gasteiger partial charge in [0.05, 0.1) is 10.5 Å². The third kappa shape index (κ3) is 5.90. The predicted octanol–water partition coefficient (Wildman–Crippen LogP) is 4.12. The molecule has 4 rings (SSSR count). The summed E-state index contributed by atoms with van der Waals surface area (Å²) in [5.41, 5.74) is 7.11. The molecule has 2 aromatic rings. The molecule has 2 fully saturated rings. The van der Waals surface area contributed by atoms with Crippen molar-refractivity contribution in [2.45, 2.75) is 59.3 Å². The molecule has 2 saturated heterocycles. The van der Waals surface area contributed by atoms with Crippen molar-refractivity contribution >= 4 is 57.7 Å². The van der Waals surface area contributed by atoms with Crippen molar-refractivity contribution in [2.24, 2.45) is 17.6 Å². The van der Waals surface area contributed by atoms with E-state index in [-0.39, 0.29) is 23.3 Å². The molecule has 198 valence electrons. The monoisotopic (exact) mass is 541 g/mol. The number of aromatic nitrogens is 2. The summed E-state index contributed by atoms with van der Waals surface area (Å²) >= 11 is 6.83. The first-order valence-electron chi connectivity index (χ1n) is 13.1. The van der Waals surface area contributed by atoms with Crippen LogP contribution in [0, 0.1) is 18.8 Å². The van der Waals surface area contributed by atoms with Gasteiger partial charge in [0.2, 0.25) is 5.91 Å². The van der Waals surface area contributed by atoms with Gasteiger partial charge in [0.15, 0.2) is 0 Å². The smallest absolute Gasteiger partial charge is 0.267 e. The Balaban J connectivity index is 1.71. The SMILES string of the molecule is CCCCC(CC)CN1C(=O)/C(=C\c2c(N3CCC(C(N)=O)CC3)nc3ccc(C)cn3c2=O)SC1=S. The number of unbranched alkanes of at least 4 members (excludes halogenated alkanes) is 1. The summed E-state index contributed by atoms with van der Waals surface area (Å²) in [6, 6.07) is 3.74. The van der Waals surface area contributed by atoms with E-state index in [1.165, 1.54) is 16.2 Å². The van der Waals surface area contributed by atoms with Gasteiger partial charge in [-0.15, -0.1) is 0 Å². The van der Waals surface area contributed by atoms with E-state index in [0.29, 0.717) is 64.6 Å². The molecule has 0 aromatic carbocycles. The van der Waals surface area contributed by atoms with Gasteiger partial charge < -0.3 is 10.6 Å². The topological polar surface area (TPSA) is 101 Å². The number of amides is 2. The van der Waals surface area contributed by atoms with Crippen LogP contribution in [0.2, 0.25) is 0 Å². The fourth-order valence-corrected chi connectivity index (χ4v) is 6.21. The number of hydrogen-bond donors (Lipinski definition) is 1. The standard InChI is InChI=1S/C27H35N5O3S2/c1-4-6-7-18(5-2)16-32-26(35)21(37-27(32)36)14-20-24(30-12-10-19(11-13-30)23(28)33)29-22-9-8-17(3)15-31(22)25(20)34/h8-9,14-15,18-19H,4-7,10-13,16H2,1-3H3,(H2,28,33)/b21-14+. The van der Waals surface area contributed by atoms with E-state index >= 15 is 0 Å². The fraction of sp³-hybridized carbons (Fsp3) is 0.519. The molecule has 2 amide bonds. The lowest BCUT2D eigenvalue weighted by Gasteiger charge is -2.32. The van der Waals surface area contributed by atoms with Gasteiger partial charge in [0.25, 0.3) is 11.5 Å². The van der Waals surface area contributed by atoms with Gasteiger partial charge in [-0.1, -0.05) is 63.2 Å². The maximum atomic E-state index is 13.7. The molecular formula is C27H35N5O3S2. The van der Waals surface area contributed by atoms with Gasteiger partial charge >= 0.3 is 0 Å². The number of primary amides is 1. The van der Waals surface area contributed by atoms with Crippen LogP contribution in [0.3, 0.4) is 0 Å². The molecule has 0 radical (unpaired) electrons. The molecular weight excluding hydrogens is 506 g/mol. The summed E-state index contributed by atoms with van der Waals surface area (Å²) < 4.78 is 2.05. The van der Waals surface area contributed by atoms with Gasteiger partial charge in [0, 0.05) is 31.7 Å². The molecule has 37 heavy (non-hydrogen) atoms. The zero-order valence-electron chi connectivity index (χ0n) is 21.7. The zero-order chi connectivity index (χ0) is 26.7. The van der Waals surface area contributed by atoms with Crippen LogP contribution in [-0.2, 0) is 9.59 Å². The van der Waals surface area contributed by atoms with E-state index < -0.39 is 0 Å². The van der Waals surface area contributed by atoms with Crippen molar-refractivity contribution in [3.63, 3.8) is 0 Å². The van der Waals surface area contributed by atoms with E-state index in [0.717, 1.165) is 31.2 Å². The van der Waals surface area contributed by atoms with E-state index in [1.54, 1.807) is 17.2 Å². The van der Waals surface area contributed by atoms with Gasteiger partial charge in [-0.25, -0.2) is 4.98 Å². The second-order valence-corrected chi connectivity index (χ2v) is 11.6. The minimum Gasteiger partial charge on any atom is -0.369 e. The van der Waals surface area contributed by atoms with Gasteiger partial charge in [0.1, 0.15) is 15.8 Å². The van der Waals surface area contributed by atoms with Crippen LogP contribution < -0.4 is 16.2 Å². The zero-order valence-corrected chi connectivity index (χ0v) is 23.4. The quantitative estimate of drug-likeness (QED) is 0.376. The first-order chi connectivity index (χ1) is 17.7. The van der Waals surface area contributed by atoms with Crippen molar-refractivity contribution in [1.82, 2.24) is 14.3 Å². The predicted molar refractivity (Wildman–Crippen MR) is 154 cm³/mol. The summed E-state index contributed by atoms with van der Waals surface area (Å²) in [6.45, 7) is 7.94. The van der Waals surface area contributed by atoms with Crippen molar-refractivity contribution < 1.29 is 9.59 Å². The molecule has 0 saturated carbocycles. The van der Waals surface area contributed by atoms with Crippen LogP contribution >= 0.6 is 24.0 Å². The molecule has 10 heteroatoms. The molecule has 2 aliphatic heterocycles.